The number of hydrogen-bond donors (Lipinski definition) is 1. The van der Waals surface area contributed by atoms with Crippen LogP contribution in [0.4, 0.5) is 0 Å². The van der Waals surface area contributed by atoms with E-state index in [2.05, 4.69) is 20.4 Å². The maximum Gasteiger partial charge on any atom is 0.241 e. The molecule has 22 heavy (non-hydrogen) atoms. The van der Waals surface area contributed by atoms with E-state index >= 15 is 0 Å². The first-order valence-corrected chi connectivity index (χ1v) is 7.67. The molecule has 3 heterocycles. The first kappa shape index (κ1) is 15.7. The van der Waals surface area contributed by atoms with Crippen molar-refractivity contribution in [2.45, 2.75) is 6.54 Å². The molecule has 2 atom stereocenters. The van der Waals surface area contributed by atoms with Gasteiger partial charge in [-0.05, 0) is 37.1 Å². The van der Waals surface area contributed by atoms with Crippen molar-refractivity contribution in [1.29, 1.82) is 0 Å². The van der Waals surface area contributed by atoms with Gasteiger partial charge in [0.25, 0.3) is 0 Å². The van der Waals surface area contributed by atoms with E-state index in [0.717, 1.165) is 50.1 Å². The molecule has 5 nitrogen and oxygen atoms in total. The molecule has 1 aromatic heterocycles. The van der Waals surface area contributed by atoms with Crippen molar-refractivity contribution in [1.82, 2.24) is 20.4 Å². The van der Waals surface area contributed by atoms with Crippen LogP contribution in [0.3, 0.4) is 0 Å². The second kappa shape index (κ2) is 6.54. The Labute approximate surface area is 140 Å². The summed E-state index contributed by atoms with van der Waals surface area (Å²) in [5.41, 5.74) is 0.889. The predicted octanol–water partition coefficient (Wildman–Crippen LogP) is 2.46. The maximum absolute atomic E-state index is 5.99. The molecule has 2 aliphatic heterocycles. The molecule has 0 bridgehead atoms. The van der Waals surface area contributed by atoms with Crippen molar-refractivity contribution in [2.24, 2.45) is 11.8 Å². The first-order valence-electron chi connectivity index (χ1n) is 7.29. The van der Waals surface area contributed by atoms with Gasteiger partial charge in [-0.1, -0.05) is 28.9 Å². The summed E-state index contributed by atoms with van der Waals surface area (Å²) >= 11 is 5.99. The summed E-state index contributed by atoms with van der Waals surface area (Å²) in [7, 11) is 0. The number of rotatable bonds is 3. The third kappa shape index (κ3) is 3.13. The van der Waals surface area contributed by atoms with E-state index in [1.165, 1.54) is 0 Å². The highest BCUT2D eigenvalue weighted by Gasteiger charge is 2.36. The lowest BCUT2D eigenvalue weighted by molar-refractivity contribution is 0.253. The normalized spacial score (nSPS) is 24.2. The van der Waals surface area contributed by atoms with E-state index in [0.29, 0.717) is 16.7 Å². The monoisotopic (exact) mass is 340 g/mol. The molecule has 7 heteroatoms. The fraction of sp³-hybridized carbons (Fsp3) is 0.467. The summed E-state index contributed by atoms with van der Waals surface area (Å²) < 4.78 is 5.38. The minimum atomic E-state index is 0. The molecule has 1 aromatic carbocycles. The number of hydrogen-bond acceptors (Lipinski definition) is 5. The lowest BCUT2D eigenvalue weighted by Gasteiger charge is -2.13. The van der Waals surface area contributed by atoms with Crippen molar-refractivity contribution in [3.8, 4) is 11.4 Å². The third-order valence-corrected chi connectivity index (χ3v) is 4.61. The van der Waals surface area contributed by atoms with Gasteiger partial charge in [0.15, 0.2) is 0 Å². The predicted molar refractivity (Wildman–Crippen MR) is 87.1 cm³/mol. The van der Waals surface area contributed by atoms with Gasteiger partial charge in [0.2, 0.25) is 11.7 Å². The van der Waals surface area contributed by atoms with Gasteiger partial charge in [0.1, 0.15) is 0 Å². The van der Waals surface area contributed by atoms with E-state index in [-0.39, 0.29) is 12.4 Å². The Morgan fingerprint density at radius 1 is 1.27 bits per heavy atom. The van der Waals surface area contributed by atoms with Crippen molar-refractivity contribution in [3.63, 3.8) is 0 Å². The minimum Gasteiger partial charge on any atom is -0.338 e. The summed E-state index contributed by atoms with van der Waals surface area (Å²) in [4.78, 5) is 6.89. The summed E-state index contributed by atoms with van der Waals surface area (Å²) in [6.07, 6.45) is 0. The summed E-state index contributed by atoms with van der Waals surface area (Å²) in [5, 5.41) is 8.19. The van der Waals surface area contributed by atoms with Gasteiger partial charge in [0, 0.05) is 23.7 Å². The fourth-order valence-electron chi connectivity index (χ4n) is 3.34. The van der Waals surface area contributed by atoms with Crippen LogP contribution in [0.1, 0.15) is 5.89 Å². The lowest BCUT2D eigenvalue weighted by Crippen LogP contribution is -2.25. The minimum absolute atomic E-state index is 0. The molecule has 2 fully saturated rings. The molecule has 0 spiro atoms. The molecule has 4 rings (SSSR count). The van der Waals surface area contributed by atoms with E-state index in [1.54, 1.807) is 0 Å². The smallest absolute Gasteiger partial charge is 0.241 e. The zero-order chi connectivity index (χ0) is 14.2. The van der Waals surface area contributed by atoms with Gasteiger partial charge in [-0.25, -0.2) is 0 Å². The third-order valence-electron chi connectivity index (χ3n) is 4.37. The van der Waals surface area contributed by atoms with Crippen LogP contribution in [0.2, 0.25) is 5.02 Å². The zero-order valence-electron chi connectivity index (χ0n) is 12.0. The van der Waals surface area contributed by atoms with Gasteiger partial charge in [0.05, 0.1) is 6.54 Å². The second-order valence-corrected chi connectivity index (χ2v) is 6.33. The molecule has 0 radical (unpaired) electrons. The molecule has 0 aliphatic carbocycles. The standard InChI is InChI=1S/C15H17ClN4O.ClH/c16-13-3-1-2-10(4-13)15-18-14(21-19-15)9-20-7-11-5-17-6-12(11)8-20;/h1-4,11-12,17H,5-9H2;1H/t11-,12+;. The number of likely N-dealkylation sites (tertiary alicyclic amines) is 1. The summed E-state index contributed by atoms with van der Waals surface area (Å²) in [6, 6.07) is 7.51. The van der Waals surface area contributed by atoms with Crippen LogP contribution in [-0.2, 0) is 6.54 Å². The Kier molecular flexibility index (Phi) is 4.68. The molecule has 0 unspecified atom stereocenters. The van der Waals surface area contributed by atoms with Crippen LogP contribution < -0.4 is 5.32 Å². The molecule has 0 saturated carbocycles. The van der Waals surface area contributed by atoms with E-state index in [9.17, 15) is 0 Å². The molecule has 118 valence electrons. The highest BCUT2D eigenvalue weighted by atomic mass is 35.5. The molecule has 2 aliphatic rings. The van der Waals surface area contributed by atoms with Crippen molar-refractivity contribution < 1.29 is 4.52 Å². The van der Waals surface area contributed by atoms with E-state index < -0.39 is 0 Å². The molecular weight excluding hydrogens is 323 g/mol. The Hall–Kier alpha value is -1.14. The van der Waals surface area contributed by atoms with Crippen molar-refractivity contribution in [3.05, 3.63) is 35.2 Å². The first-order chi connectivity index (χ1) is 10.3. The Balaban J connectivity index is 0.00000144. The zero-order valence-corrected chi connectivity index (χ0v) is 13.6. The Morgan fingerprint density at radius 2 is 2.05 bits per heavy atom. The number of aromatic nitrogens is 2. The van der Waals surface area contributed by atoms with Crippen LogP contribution in [0, 0.1) is 11.8 Å². The number of halogens is 2. The average molecular weight is 341 g/mol. The summed E-state index contributed by atoms with van der Waals surface area (Å²) in [6.45, 7) is 5.25. The SMILES string of the molecule is Cl.Clc1cccc(-c2noc(CN3C[C@H]4CNC[C@H]4C3)n2)c1. The quantitative estimate of drug-likeness (QED) is 0.930. The van der Waals surface area contributed by atoms with Gasteiger partial charge < -0.3 is 9.84 Å². The molecule has 1 N–H and O–H groups in total. The van der Waals surface area contributed by atoms with Crippen molar-refractivity contribution in [2.75, 3.05) is 26.2 Å². The number of fused-ring (bicyclic) bond motifs is 1. The van der Waals surface area contributed by atoms with E-state index in [4.69, 9.17) is 16.1 Å². The van der Waals surface area contributed by atoms with Crippen LogP contribution >= 0.6 is 24.0 Å². The Bertz CT molecular complexity index is 636. The molecule has 2 aromatic rings. The number of nitrogens with zero attached hydrogens (tertiary/aromatic N) is 3. The number of nitrogens with one attached hydrogen (secondary N) is 1. The molecule has 0 amide bonds. The number of benzene rings is 1. The van der Waals surface area contributed by atoms with Crippen LogP contribution in [-0.4, -0.2) is 41.2 Å². The van der Waals surface area contributed by atoms with E-state index in [1.807, 2.05) is 24.3 Å². The fourth-order valence-corrected chi connectivity index (χ4v) is 3.53. The highest BCUT2D eigenvalue weighted by Crippen LogP contribution is 2.27. The highest BCUT2D eigenvalue weighted by molar-refractivity contribution is 6.30. The van der Waals surface area contributed by atoms with Crippen LogP contribution in [0.25, 0.3) is 11.4 Å². The van der Waals surface area contributed by atoms with Crippen LogP contribution in [0.5, 0.6) is 0 Å². The Morgan fingerprint density at radius 3 is 2.77 bits per heavy atom. The largest absolute Gasteiger partial charge is 0.338 e. The van der Waals surface area contributed by atoms with Gasteiger partial charge in [-0.2, -0.15) is 4.98 Å². The summed E-state index contributed by atoms with van der Waals surface area (Å²) in [5.74, 6) is 2.84. The topological polar surface area (TPSA) is 54.2 Å². The average Bonchev–Trinajstić information content (AvgIpc) is 3.14. The molecular formula is C15H18Cl2N4O. The van der Waals surface area contributed by atoms with Crippen LogP contribution in [0.15, 0.2) is 28.8 Å². The lowest BCUT2D eigenvalue weighted by atomic mass is 10.0. The molecule has 2 saturated heterocycles. The van der Waals surface area contributed by atoms with Gasteiger partial charge >= 0.3 is 0 Å². The van der Waals surface area contributed by atoms with Crippen molar-refractivity contribution >= 4 is 24.0 Å². The maximum atomic E-state index is 5.99. The van der Waals surface area contributed by atoms with Gasteiger partial charge in [-0.3, -0.25) is 4.90 Å². The second-order valence-electron chi connectivity index (χ2n) is 5.89. The van der Waals surface area contributed by atoms with Gasteiger partial charge in [-0.15, -0.1) is 12.4 Å².